The van der Waals surface area contributed by atoms with Crippen LogP contribution in [0.5, 0.6) is 0 Å². The zero-order valence-corrected chi connectivity index (χ0v) is 9.41. The normalized spacial score (nSPS) is 23.6. The van der Waals surface area contributed by atoms with Crippen molar-refractivity contribution < 1.29 is 13.2 Å². The summed E-state index contributed by atoms with van der Waals surface area (Å²) in [5, 5.41) is 0. The molecule has 1 aliphatic heterocycles. The summed E-state index contributed by atoms with van der Waals surface area (Å²) in [6.07, 6.45) is -1.74. The standard InChI is InChI=1S/C9H17F3N2.ClH/c10-9(11,12)4-6-14-5-2-1-3-8(14)7-13;/h8H,1-7,13H2;1H. The summed E-state index contributed by atoms with van der Waals surface area (Å²) in [6.45, 7) is 1.33. The Kier molecular flexibility index (Phi) is 6.55. The van der Waals surface area contributed by atoms with Crippen LogP contribution >= 0.6 is 12.4 Å². The number of hydrogen-bond acceptors (Lipinski definition) is 2. The molecule has 1 fully saturated rings. The Labute approximate surface area is 94.4 Å². The van der Waals surface area contributed by atoms with E-state index in [1.165, 1.54) is 0 Å². The summed E-state index contributed by atoms with van der Waals surface area (Å²) in [6, 6.07) is 0.158. The zero-order valence-electron chi connectivity index (χ0n) is 8.59. The average Bonchev–Trinajstić information content (AvgIpc) is 2.14. The number of nitrogens with zero attached hydrogens (tertiary/aromatic N) is 1. The van der Waals surface area contributed by atoms with Crippen molar-refractivity contribution in [2.24, 2.45) is 5.73 Å². The Morgan fingerprint density at radius 1 is 1.27 bits per heavy atom. The van der Waals surface area contributed by atoms with Gasteiger partial charge in [-0.15, -0.1) is 12.4 Å². The van der Waals surface area contributed by atoms with Crippen LogP contribution < -0.4 is 5.73 Å². The summed E-state index contributed by atoms with van der Waals surface area (Å²) in [5.41, 5.74) is 5.51. The quantitative estimate of drug-likeness (QED) is 0.827. The number of likely N-dealkylation sites (tertiary alicyclic amines) is 1. The van der Waals surface area contributed by atoms with Crippen molar-refractivity contribution in [1.29, 1.82) is 0 Å². The van der Waals surface area contributed by atoms with Crippen LogP contribution in [0.3, 0.4) is 0 Å². The maximum atomic E-state index is 12.0. The summed E-state index contributed by atoms with van der Waals surface area (Å²) >= 11 is 0. The predicted molar refractivity (Wildman–Crippen MR) is 56.2 cm³/mol. The smallest absolute Gasteiger partial charge is 0.329 e. The van der Waals surface area contributed by atoms with Gasteiger partial charge in [0.2, 0.25) is 0 Å². The molecular weight excluding hydrogens is 229 g/mol. The van der Waals surface area contributed by atoms with Gasteiger partial charge in [-0.1, -0.05) is 6.42 Å². The van der Waals surface area contributed by atoms with Gasteiger partial charge in [-0.05, 0) is 19.4 Å². The fraction of sp³-hybridized carbons (Fsp3) is 1.00. The van der Waals surface area contributed by atoms with E-state index in [-0.39, 0.29) is 25.0 Å². The summed E-state index contributed by atoms with van der Waals surface area (Å²) in [5.74, 6) is 0. The summed E-state index contributed by atoms with van der Waals surface area (Å²) in [7, 11) is 0. The zero-order chi connectivity index (χ0) is 10.6. The van der Waals surface area contributed by atoms with E-state index in [4.69, 9.17) is 5.73 Å². The molecule has 1 heterocycles. The molecular formula is C9H18ClF3N2. The first kappa shape index (κ1) is 15.0. The largest absolute Gasteiger partial charge is 0.390 e. The van der Waals surface area contributed by atoms with Crippen LogP contribution in [0.4, 0.5) is 13.2 Å². The van der Waals surface area contributed by atoms with Crippen molar-refractivity contribution in [3.05, 3.63) is 0 Å². The third-order valence-electron chi connectivity index (χ3n) is 2.70. The van der Waals surface area contributed by atoms with E-state index in [9.17, 15) is 13.2 Å². The van der Waals surface area contributed by atoms with E-state index in [2.05, 4.69) is 0 Å². The van der Waals surface area contributed by atoms with Crippen LogP contribution in [0.1, 0.15) is 25.7 Å². The Morgan fingerprint density at radius 2 is 1.93 bits per heavy atom. The second-order valence-electron chi connectivity index (χ2n) is 3.79. The molecule has 0 radical (unpaired) electrons. The maximum Gasteiger partial charge on any atom is 0.390 e. The maximum absolute atomic E-state index is 12.0. The fourth-order valence-electron chi connectivity index (χ4n) is 1.89. The molecule has 1 aliphatic rings. The molecule has 1 saturated heterocycles. The van der Waals surface area contributed by atoms with Gasteiger partial charge in [0.1, 0.15) is 0 Å². The van der Waals surface area contributed by atoms with E-state index < -0.39 is 12.6 Å². The van der Waals surface area contributed by atoms with Gasteiger partial charge in [0.25, 0.3) is 0 Å². The molecule has 92 valence electrons. The minimum atomic E-state index is -4.05. The lowest BCUT2D eigenvalue weighted by molar-refractivity contribution is -0.139. The highest BCUT2D eigenvalue weighted by molar-refractivity contribution is 5.85. The molecule has 0 saturated carbocycles. The highest BCUT2D eigenvalue weighted by Crippen LogP contribution is 2.23. The molecule has 0 aromatic rings. The SMILES string of the molecule is Cl.NCC1CCCCN1CCC(F)(F)F. The van der Waals surface area contributed by atoms with Crippen molar-refractivity contribution in [2.45, 2.75) is 37.9 Å². The molecule has 1 unspecified atom stereocenters. The van der Waals surface area contributed by atoms with Crippen molar-refractivity contribution in [3.8, 4) is 0 Å². The molecule has 0 spiro atoms. The van der Waals surface area contributed by atoms with E-state index in [0.29, 0.717) is 6.54 Å². The van der Waals surface area contributed by atoms with Crippen LogP contribution in [-0.2, 0) is 0 Å². The molecule has 0 amide bonds. The highest BCUT2D eigenvalue weighted by Gasteiger charge is 2.30. The van der Waals surface area contributed by atoms with Crippen LogP contribution in [0.15, 0.2) is 0 Å². The van der Waals surface area contributed by atoms with Gasteiger partial charge < -0.3 is 5.73 Å². The van der Waals surface area contributed by atoms with E-state index in [1.807, 2.05) is 4.90 Å². The second kappa shape index (κ2) is 6.55. The first-order chi connectivity index (χ1) is 6.53. The minimum absolute atomic E-state index is 0. The number of halogens is 4. The van der Waals surface area contributed by atoms with Crippen molar-refractivity contribution >= 4 is 12.4 Å². The molecule has 0 aliphatic carbocycles. The number of nitrogens with two attached hydrogens (primary N) is 1. The van der Waals surface area contributed by atoms with Crippen molar-refractivity contribution in [3.63, 3.8) is 0 Å². The molecule has 1 rings (SSSR count). The Hall–Kier alpha value is -0.0000000000000000555. The van der Waals surface area contributed by atoms with Crippen molar-refractivity contribution in [1.82, 2.24) is 4.90 Å². The first-order valence-electron chi connectivity index (χ1n) is 5.04. The number of hydrogen-bond donors (Lipinski definition) is 1. The Morgan fingerprint density at radius 3 is 2.47 bits per heavy atom. The number of piperidine rings is 1. The van der Waals surface area contributed by atoms with Gasteiger partial charge in [-0.25, -0.2) is 0 Å². The lowest BCUT2D eigenvalue weighted by atomic mass is 10.0. The molecule has 1 atom stereocenters. The van der Waals surface area contributed by atoms with E-state index in [1.54, 1.807) is 0 Å². The van der Waals surface area contributed by atoms with Crippen LogP contribution in [0, 0.1) is 0 Å². The monoisotopic (exact) mass is 246 g/mol. The third kappa shape index (κ3) is 5.58. The second-order valence-corrected chi connectivity index (χ2v) is 3.79. The highest BCUT2D eigenvalue weighted by atomic mass is 35.5. The van der Waals surface area contributed by atoms with Crippen LogP contribution in [0.25, 0.3) is 0 Å². The first-order valence-corrected chi connectivity index (χ1v) is 5.04. The lowest BCUT2D eigenvalue weighted by Crippen LogP contribution is -2.45. The number of rotatable bonds is 3. The topological polar surface area (TPSA) is 29.3 Å². The molecule has 0 aromatic carbocycles. The lowest BCUT2D eigenvalue weighted by Gasteiger charge is -2.35. The van der Waals surface area contributed by atoms with Gasteiger partial charge in [0.15, 0.2) is 0 Å². The Bertz CT molecular complexity index is 175. The van der Waals surface area contributed by atoms with E-state index >= 15 is 0 Å². The molecule has 2 N–H and O–H groups in total. The molecule has 2 nitrogen and oxygen atoms in total. The average molecular weight is 247 g/mol. The van der Waals surface area contributed by atoms with Crippen molar-refractivity contribution in [2.75, 3.05) is 19.6 Å². The van der Waals surface area contributed by atoms with E-state index in [0.717, 1.165) is 25.8 Å². The van der Waals surface area contributed by atoms with Gasteiger partial charge in [0, 0.05) is 19.1 Å². The predicted octanol–water partition coefficient (Wildman–Crippen LogP) is 2.17. The third-order valence-corrected chi connectivity index (χ3v) is 2.70. The minimum Gasteiger partial charge on any atom is -0.329 e. The molecule has 15 heavy (non-hydrogen) atoms. The van der Waals surface area contributed by atoms with Gasteiger partial charge in [-0.2, -0.15) is 13.2 Å². The molecule has 0 aromatic heterocycles. The summed E-state index contributed by atoms with van der Waals surface area (Å²) < 4.78 is 36.0. The summed E-state index contributed by atoms with van der Waals surface area (Å²) in [4.78, 5) is 1.87. The van der Waals surface area contributed by atoms with Gasteiger partial charge in [-0.3, -0.25) is 4.90 Å². The molecule has 6 heteroatoms. The van der Waals surface area contributed by atoms with Gasteiger partial charge in [0.05, 0.1) is 6.42 Å². The van der Waals surface area contributed by atoms with Crippen LogP contribution in [-0.4, -0.2) is 36.8 Å². The number of alkyl halides is 3. The Balaban J connectivity index is 0.00000196. The molecule has 0 bridgehead atoms. The van der Waals surface area contributed by atoms with Crippen LogP contribution in [0.2, 0.25) is 0 Å². The van der Waals surface area contributed by atoms with Gasteiger partial charge >= 0.3 is 6.18 Å². The fourth-order valence-corrected chi connectivity index (χ4v) is 1.89.